The Kier molecular flexibility index (Phi) is 6.34. The third-order valence-corrected chi connectivity index (χ3v) is 8.85. The molecule has 1 N–H and O–H groups in total. The predicted molar refractivity (Wildman–Crippen MR) is 187 cm³/mol. The summed E-state index contributed by atoms with van der Waals surface area (Å²) in [5.41, 5.74) is 10.4. The molecule has 6 aromatic carbocycles. The first-order valence-corrected chi connectivity index (χ1v) is 15.3. The zero-order valence-electron chi connectivity index (χ0n) is 24.9. The van der Waals surface area contributed by atoms with Gasteiger partial charge < -0.3 is 5.32 Å². The Morgan fingerprint density at radius 3 is 1.73 bits per heavy atom. The van der Waals surface area contributed by atoms with Gasteiger partial charge in [0, 0.05) is 16.8 Å². The lowest BCUT2D eigenvalue weighted by Crippen LogP contribution is -2.20. The number of aryl methyl sites for hydroxylation is 2. The molecule has 0 fully saturated rings. The Morgan fingerprint density at radius 1 is 0.500 bits per heavy atom. The molecule has 0 radical (unpaired) electrons. The van der Waals surface area contributed by atoms with Crippen LogP contribution in [0, 0.1) is 13.8 Å². The average molecular weight is 565 g/mol. The molecule has 0 saturated carbocycles. The summed E-state index contributed by atoms with van der Waals surface area (Å²) in [6, 6.07) is 46.3. The zero-order chi connectivity index (χ0) is 29.6. The van der Waals surface area contributed by atoms with Gasteiger partial charge in [-0.3, -0.25) is 0 Å². The second-order valence-electron chi connectivity index (χ2n) is 11.8. The summed E-state index contributed by atoms with van der Waals surface area (Å²) >= 11 is 0. The molecule has 0 saturated heterocycles. The van der Waals surface area contributed by atoms with Crippen molar-refractivity contribution in [2.75, 3.05) is 0 Å². The second-order valence-corrected chi connectivity index (χ2v) is 11.8. The second kappa shape index (κ2) is 10.7. The number of nitrogens with zero attached hydrogens (tertiary/aromatic N) is 1. The molecule has 1 atom stereocenters. The first-order valence-electron chi connectivity index (χ1n) is 15.3. The van der Waals surface area contributed by atoms with Crippen LogP contribution < -0.4 is 5.32 Å². The summed E-state index contributed by atoms with van der Waals surface area (Å²) in [6.07, 6.45) is 6.57. The lowest BCUT2D eigenvalue weighted by atomic mass is 9.91. The molecule has 8 rings (SSSR count). The van der Waals surface area contributed by atoms with Crippen LogP contribution in [0.25, 0.3) is 60.5 Å². The van der Waals surface area contributed by atoms with Gasteiger partial charge in [0.2, 0.25) is 0 Å². The van der Waals surface area contributed by atoms with Crippen LogP contribution in [-0.2, 0) is 0 Å². The fraction of sp³-hybridized carbons (Fsp3) is 0.0714. The molecule has 0 aliphatic carbocycles. The summed E-state index contributed by atoms with van der Waals surface area (Å²) in [6.45, 7) is 4.24. The Hall–Kier alpha value is -5.47. The number of dihydropyridines is 1. The fourth-order valence-corrected chi connectivity index (χ4v) is 6.44. The summed E-state index contributed by atoms with van der Waals surface area (Å²) in [7, 11) is 0. The highest BCUT2D eigenvalue weighted by atomic mass is 14.9. The minimum Gasteiger partial charge on any atom is -0.374 e. The molecular formula is C42H32N2. The Labute approximate surface area is 258 Å². The van der Waals surface area contributed by atoms with Crippen LogP contribution in [-0.4, -0.2) is 4.98 Å². The summed E-state index contributed by atoms with van der Waals surface area (Å²) in [5.74, 6) is 0. The molecule has 0 amide bonds. The fourth-order valence-electron chi connectivity index (χ4n) is 6.44. The number of fused-ring (bicyclic) bond motifs is 6. The van der Waals surface area contributed by atoms with Gasteiger partial charge in [-0.1, -0.05) is 126 Å². The molecule has 0 bridgehead atoms. The first kappa shape index (κ1) is 26.2. The van der Waals surface area contributed by atoms with Gasteiger partial charge >= 0.3 is 0 Å². The van der Waals surface area contributed by atoms with Crippen molar-refractivity contribution < 1.29 is 0 Å². The van der Waals surface area contributed by atoms with Crippen LogP contribution in [0.4, 0.5) is 0 Å². The number of hydrogen-bond acceptors (Lipinski definition) is 2. The molecule has 2 nitrogen and oxygen atoms in total. The van der Waals surface area contributed by atoms with Crippen LogP contribution >= 0.6 is 0 Å². The lowest BCUT2D eigenvalue weighted by Gasteiger charge is -2.23. The van der Waals surface area contributed by atoms with E-state index in [1.165, 1.54) is 54.6 Å². The van der Waals surface area contributed by atoms with Crippen molar-refractivity contribution in [3.63, 3.8) is 0 Å². The smallest absolute Gasteiger partial charge is 0.0709 e. The maximum Gasteiger partial charge on any atom is 0.0709 e. The standard InChI is InChI=1S/C42H32N2/c1-27-13-17-29(18-14-27)39-9-5-11-41(43-39)31-21-23-35-36-24-22-32(26-38(36)34-8-4-3-7-33(34)37(35)25-31)42-12-6-10-40(44-42)30-19-15-28(2)16-20-30/h3-26,39,43H,1-2H3. The van der Waals surface area contributed by atoms with Crippen LogP contribution in [0.5, 0.6) is 0 Å². The number of nitrogens with one attached hydrogen (secondary N) is 1. The van der Waals surface area contributed by atoms with Crippen LogP contribution in [0.3, 0.4) is 0 Å². The molecule has 1 aliphatic heterocycles. The lowest BCUT2D eigenvalue weighted by molar-refractivity contribution is 0.764. The van der Waals surface area contributed by atoms with Gasteiger partial charge in [0.25, 0.3) is 0 Å². The number of hydrogen-bond donors (Lipinski definition) is 1. The Bertz CT molecular complexity index is 2230. The summed E-state index contributed by atoms with van der Waals surface area (Å²) in [5, 5.41) is 11.3. The van der Waals surface area contributed by atoms with E-state index >= 15 is 0 Å². The molecule has 7 aromatic rings. The van der Waals surface area contributed by atoms with E-state index < -0.39 is 0 Å². The normalized spacial score (nSPS) is 14.6. The van der Waals surface area contributed by atoms with Crippen LogP contribution in [0.2, 0.25) is 0 Å². The zero-order valence-corrected chi connectivity index (χ0v) is 24.9. The number of benzene rings is 6. The van der Waals surface area contributed by atoms with E-state index in [0.717, 1.165) is 28.2 Å². The van der Waals surface area contributed by atoms with Crippen molar-refractivity contribution in [1.82, 2.24) is 10.3 Å². The maximum absolute atomic E-state index is 5.07. The highest BCUT2D eigenvalue weighted by molar-refractivity contribution is 6.26. The van der Waals surface area contributed by atoms with Crippen molar-refractivity contribution in [2.45, 2.75) is 19.9 Å². The molecule has 2 heteroatoms. The predicted octanol–water partition coefficient (Wildman–Crippen LogP) is 10.7. The van der Waals surface area contributed by atoms with E-state index in [1.807, 2.05) is 0 Å². The van der Waals surface area contributed by atoms with Gasteiger partial charge in [-0.15, -0.1) is 0 Å². The average Bonchev–Trinajstić information content (AvgIpc) is 3.09. The highest BCUT2D eigenvalue weighted by Gasteiger charge is 2.16. The largest absolute Gasteiger partial charge is 0.374 e. The van der Waals surface area contributed by atoms with E-state index in [1.54, 1.807) is 0 Å². The van der Waals surface area contributed by atoms with Gasteiger partial charge in [-0.2, -0.15) is 0 Å². The SMILES string of the molecule is Cc1ccc(-c2cccc(-c3ccc4c5ccc(C6=CC=CC(c7ccc(C)cc7)N6)cc5c5ccccc5c4c3)n2)cc1. The van der Waals surface area contributed by atoms with Crippen molar-refractivity contribution >= 4 is 38.0 Å². The monoisotopic (exact) mass is 564 g/mol. The molecule has 1 unspecified atom stereocenters. The topological polar surface area (TPSA) is 24.9 Å². The number of allylic oxidation sites excluding steroid dienone is 2. The van der Waals surface area contributed by atoms with Crippen LogP contribution in [0.15, 0.2) is 146 Å². The van der Waals surface area contributed by atoms with Crippen molar-refractivity contribution in [2.24, 2.45) is 0 Å². The number of aromatic nitrogens is 1. The molecule has 1 aromatic heterocycles. The van der Waals surface area contributed by atoms with E-state index in [0.29, 0.717) is 0 Å². The minimum absolute atomic E-state index is 0.149. The molecule has 210 valence electrons. The first-order chi connectivity index (χ1) is 21.6. The van der Waals surface area contributed by atoms with Crippen LogP contribution in [0.1, 0.15) is 28.3 Å². The Balaban J connectivity index is 1.22. The van der Waals surface area contributed by atoms with E-state index in [4.69, 9.17) is 4.98 Å². The van der Waals surface area contributed by atoms with Gasteiger partial charge in [-0.25, -0.2) is 4.98 Å². The van der Waals surface area contributed by atoms with Gasteiger partial charge in [0.1, 0.15) is 0 Å². The molecule has 2 heterocycles. The van der Waals surface area contributed by atoms with Crippen molar-refractivity contribution in [3.05, 3.63) is 168 Å². The third kappa shape index (κ3) is 4.66. The summed E-state index contributed by atoms with van der Waals surface area (Å²) < 4.78 is 0. The molecular weight excluding hydrogens is 532 g/mol. The van der Waals surface area contributed by atoms with Crippen molar-refractivity contribution in [3.8, 4) is 22.5 Å². The van der Waals surface area contributed by atoms with E-state index in [-0.39, 0.29) is 6.04 Å². The van der Waals surface area contributed by atoms with E-state index in [9.17, 15) is 0 Å². The van der Waals surface area contributed by atoms with Gasteiger partial charge in [0.15, 0.2) is 0 Å². The summed E-state index contributed by atoms with van der Waals surface area (Å²) in [4.78, 5) is 5.07. The third-order valence-electron chi connectivity index (χ3n) is 8.85. The molecule has 0 spiro atoms. The number of pyridine rings is 1. The minimum atomic E-state index is 0.149. The van der Waals surface area contributed by atoms with E-state index in [2.05, 4.69) is 165 Å². The van der Waals surface area contributed by atoms with Gasteiger partial charge in [-0.05, 0) is 87.6 Å². The quantitative estimate of drug-likeness (QED) is 0.215. The molecule has 1 aliphatic rings. The number of rotatable bonds is 4. The molecule has 44 heavy (non-hydrogen) atoms. The van der Waals surface area contributed by atoms with Gasteiger partial charge in [0.05, 0.1) is 17.4 Å². The maximum atomic E-state index is 5.07. The Morgan fingerprint density at radius 2 is 1.05 bits per heavy atom. The highest BCUT2D eigenvalue weighted by Crippen LogP contribution is 2.38. The van der Waals surface area contributed by atoms with Crippen molar-refractivity contribution in [1.29, 1.82) is 0 Å².